The van der Waals surface area contributed by atoms with Crippen molar-refractivity contribution < 1.29 is 9.90 Å². The van der Waals surface area contributed by atoms with Crippen molar-refractivity contribution in [3.63, 3.8) is 0 Å². The summed E-state index contributed by atoms with van der Waals surface area (Å²) in [6.07, 6.45) is 16.6. The number of nitrogens with zero attached hydrogens (tertiary/aromatic N) is 1. The predicted molar refractivity (Wildman–Crippen MR) is 106 cm³/mol. The summed E-state index contributed by atoms with van der Waals surface area (Å²) in [4.78, 5) is 13.2. The maximum atomic E-state index is 11.2. The van der Waals surface area contributed by atoms with Crippen LogP contribution in [0.1, 0.15) is 84.0 Å². The van der Waals surface area contributed by atoms with Crippen LogP contribution in [0.2, 0.25) is 0 Å². The van der Waals surface area contributed by atoms with Gasteiger partial charge in [-0.2, -0.15) is 0 Å². The maximum Gasteiger partial charge on any atom is 0.317 e. The van der Waals surface area contributed by atoms with Gasteiger partial charge in [0.05, 0.1) is 12.7 Å². The first-order chi connectivity index (χ1) is 12.6. The number of rotatable bonds is 7. The topological polar surface area (TPSA) is 52.6 Å². The van der Waals surface area contributed by atoms with Crippen LogP contribution in [-0.2, 0) is 4.79 Å². The molecule has 5 atom stereocenters. The lowest BCUT2D eigenvalue weighted by molar-refractivity contribution is -0.139. The van der Waals surface area contributed by atoms with Gasteiger partial charge in [-0.3, -0.25) is 15.0 Å². The van der Waals surface area contributed by atoms with Crippen molar-refractivity contribution in [3.8, 4) is 0 Å². The molecular weight excluding hydrogens is 324 g/mol. The summed E-state index contributed by atoms with van der Waals surface area (Å²) in [5.41, 5.74) is 0. The van der Waals surface area contributed by atoms with Gasteiger partial charge in [-0.25, -0.2) is 0 Å². The van der Waals surface area contributed by atoms with Gasteiger partial charge in [0.2, 0.25) is 0 Å². The van der Waals surface area contributed by atoms with Gasteiger partial charge in [0.15, 0.2) is 0 Å². The summed E-state index contributed by atoms with van der Waals surface area (Å²) in [6.45, 7) is 2.45. The zero-order valence-electron chi connectivity index (χ0n) is 17.0. The van der Waals surface area contributed by atoms with Crippen LogP contribution >= 0.6 is 0 Å². The summed E-state index contributed by atoms with van der Waals surface area (Å²) >= 11 is 0. The SMILES string of the molecule is CCCCC1CCC2NC(N(C)CC(=O)O)CC(C3CCCCC3)C2C1. The van der Waals surface area contributed by atoms with Crippen LogP contribution in [-0.4, -0.2) is 41.8 Å². The summed E-state index contributed by atoms with van der Waals surface area (Å²) in [5.74, 6) is 2.71. The van der Waals surface area contributed by atoms with E-state index in [4.69, 9.17) is 0 Å². The average molecular weight is 365 g/mol. The molecule has 0 radical (unpaired) electrons. The second-order valence-electron chi connectivity index (χ2n) is 9.38. The van der Waals surface area contributed by atoms with Crippen LogP contribution in [0.25, 0.3) is 0 Å². The van der Waals surface area contributed by atoms with Crippen LogP contribution in [0.3, 0.4) is 0 Å². The van der Waals surface area contributed by atoms with E-state index in [2.05, 4.69) is 12.2 Å². The fraction of sp³-hybridized carbons (Fsp3) is 0.955. The molecule has 3 aliphatic rings. The lowest BCUT2D eigenvalue weighted by Gasteiger charge is -2.52. The third kappa shape index (κ3) is 5.01. The van der Waals surface area contributed by atoms with E-state index in [1.54, 1.807) is 0 Å². The number of fused-ring (bicyclic) bond motifs is 1. The molecule has 1 saturated heterocycles. The van der Waals surface area contributed by atoms with Gasteiger partial charge in [-0.1, -0.05) is 58.3 Å². The smallest absolute Gasteiger partial charge is 0.317 e. The van der Waals surface area contributed by atoms with E-state index in [0.29, 0.717) is 6.04 Å². The van der Waals surface area contributed by atoms with E-state index in [-0.39, 0.29) is 12.7 Å². The number of carboxylic acid groups (broad SMARTS) is 1. The van der Waals surface area contributed by atoms with Gasteiger partial charge in [0.25, 0.3) is 0 Å². The summed E-state index contributed by atoms with van der Waals surface area (Å²) in [6, 6.07) is 0.606. The second kappa shape index (κ2) is 9.54. The fourth-order valence-electron chi connectivity index (χ4n) is 6.21. The van der Waals surface area contributed by atoms with E-state index in [1.165, 1.54) is 70.6 Å². The van der Waals surface area contributed by atoms with Crippen molar-refractivity contribution in [2.75, 3.05) is 13.6 Å². The third-order valence-electron chi connectivity index (χ3n) is 7.60. The van der Waals surface area contributed by atoms with Crippen molar-refractivity contribution in [1.82, 2.24) is 10.2 Å². The van der Waals surface area contributed by atoms with Crippen molar-refractivity contribution in [1.29, 1.82) is 0 Å². The fourth-order valence-corrected chi connectivity index (χ4v) is 6.21. The number of carboxylic acids is 1. The molecule has 0 aromatic heterocycles. The van der Waals surface area contributed by atoms with E-state index < -0.39 is 5.97 Å². The average Bonchev–Trinajstić information content (AvgIpc) is 2.65. The van der Waals surface area contributed by atoms with Crippen LogP contribution in [0.4, 0.5) is 0 Å². The lowest BCUT2D eigenvalue weighted by atomic mass is 9.62. The summed E-state index contributed by atoms with van der Waals surface area (Å²) in [5, 5.41) is 13.1. The van der Waals surface area contributed by atoms with Crippen LogP contribution in [0.5, 0.6) is 0 Å². The van der Waals surface area contributed by atoms with Crippen molar-refractivity contribution in [2.45, 2.75) is 96.2 Å². The third-order valence-corrected chi connectivity index (χ3v) is 7.60. The monoisotopic (exact) mass is 364 g/mol. The Labute approximate surface area is 160 Å². The van der Waals surface area contributed by atoms with Gasteiger partial charge in [0.1, 0.15) is 0 Å². The minimum Gasteiger partial charge on any atom is -0.480 e. The first-order valence-corrected chi connectivity index (χ1v) is 11.3. The Balaban J connectivity index is 1.70. The summed E-state index contributed by atoms with van der Waals surface area (Å²) < 4.78 is 0. The number of hydrogen-bond acceptors (Lipinski definition) is 3. The highest BCUT2D eigenvalue weighted by molar-refractivity contribution is 5.69. The Bertz CT molecular complexity index is 449. The van der Waals surface area contributed by atoms with E-state index in [1.807, 2.05) is 11.9 Å². The largest absolute Gasteiger partial charge is 0.480 e. The van der Waals surface area contributed by atoms with Crippen LogP contribution in [0.15, 0.2) is 0 Å². The molecule has 5 unspecified atom stereocenters. The Hall–Kier alpha value is -0.610. The molecule has 4 heteroatoms. The van der Waals surface area contributed by atoms with Crippen molar-refractivity contribution in [2.24, 2.45) is 23.7 Å². The van der Waals surface area contributed by atoms with Crippen LogP contribution in [0, 0.1) is 23.7 Å². The Morgan fingerprint density at radius 2 is 1.85 bits per heavy atom. The van der Waals surface area contributed by atoms with Gasteiger partial charge in [-0.15, -0.1) is 0 Å². The van der Waals surface area contributed by atoms with Crippen molar-refractivity contribution in [3.05, 3.63) is 0 Å². The van der Waals surface area contributed by atoms with Crippen molar-refractivity contribution >= 4 is 5.97 Å². The molecule has 1 aliphatic heterocycles. The number of aliphatic carboxylic acids is 1. The number of carbonyl (C=O) groups is 1. The minimum atomic E-state index is -0.714. The molecule has 0 aromatic carbocycles. The number of piperidine rings is 1. The molecule has 3 rings (SSSR count). The zero-order chi connectivity index (χ0) is 18.5. The number of nitrogens with one attached hydrogen (secondary N) is 1. The number of likely N-dealkylation sites (N-methyl/N-ethyl adjacent to an activating group) is 1. The molecule has 150 valence electrons. The molecule has 0 aromatic rings. The molecule has 0 spiro atoms. The van der Waals surface area contributed by atoms with Gasteiger partial charge < -0.3 is 5.11 Å². The Morgan fingerprint density at radius 1 is 1.08 bits per heavy atom. The molecule has 0 bridgehead atoms. The van der Waals surface area contributed by atoms with Gasteiger partial charge >= 0.3 is 5.97 Å². The molecule has 26 heavy (non-hydrogen) atoms. The molecule has 4 nitrogen and oxygen atoms in total. The first-order valence-electron chi connectivity index (χ1n) is 11.3. The standard InChI is InChI=1S/C22H40N2O2/c1-3-4-8-16-11-12-20-19(13-16)18(17-9-6-5-7-10-17)14-21(23-20)24(2)15-22(25)26/h16-21,23H,3-15H2,1-2H3,(H,25,26). The predicted octanol–water partition coefficient (Wildman–Crippen LogP) is 4.49. The number of hydrogen-bond donors (Lipinski definition) is 2. The zero-order valence-corrected chi connectivity index (χ0v) is 17.0. The Kier molecular flexibility index (Phi) is 7.39. The molecule has 2 saturated carbocycles. The second-order valence-corrected chi connectivity index (χ2v) is 9.38. The highest BCUT2D eigenvalue weighted by Gasteiger charge is 2.44. The minimum absolute atomic E-state index is 0.144. The molecule has 2 N–H and O–H groups in total. The molecule has 3 fully saturated rings. The highest BCUT2D eigenvalue weighted by Crippen LogP contribution is 2.47. The van der Waals surface area contributed by atoms with E-state index in [9.17, 15) is 9.90 Å². The quantitative estimate of drug-likeness (QED) is 0.699. The number of unbranched alkanes of at least 4 members (excludes halogenated alkanes) is 1. The lowest BCUT2D eigenvalue weighted by Crippen LogP contribution is -2.60. The van der Waals surface area contributed by atoms with E-state index >= 15 is 0 Å². The molecular formula is C22H40N2O2. The molecule has 0 amide bonds. The first kappa shape index (κ1) is 20.1. The molecule has 1 heterocycles. The summed E-state index contributed by atoms with van der Waals surface area (Å²) in [7, 11) is 1.98. The van der Waals surface area contributed by atoms with Gasteiger partial charge in [0, 0.05) is 6.04 Å². The van der Waals surface area contributed by atoms with E-state index in [0.717, 1.165) is 30.1 Å². The van der Waals surface area contributed by atoms with Crippen LogP contribution < -0.4 is 5.32 Å². The maximum absolute atomic E-state index is 11.2. The Morgan fingerprint density at radius 3 is 2.54 bits per heavy atom. The highest BCUT2D eigenvalue weighted by atomic mass is 16.4. The molecule has 2 aliphatic carbocycles. The van der Waals surface area contributed by atoms with Gasteiger partial charge in [-0.05, 0) is 56.4 Å². The normalized spacial score (nSPS) is 36.0.